The van der Waals surface area contributed by atoms with Crippen LogP contribution in [0.1, 0.15) is 68.6 Å². The topological polar surface area (TPSA) is 80.2 Å². The molecule has 1 aromatic carbocycles. The molecule has 2 amide bonds. The first kappa shape index (κ1) is 20.8. The van der Waals surface area contributed by atoms with Gasteiger partial charge < -0.3 is 10.6 Å². The lowest BCUT2D eigenvalue weighted by molar-refractivity contribution is -0.116. The minimum Gasteiger partial charge on any atom is -0.349 e. The van der Waals surface area contributed by atoms with Crippen LogP contribution in [0.5, 0.6) is 0 Å². The van der Waals surface area contributed by atoms with Gasteiger partial charge in [-0.05, 0) is 55.7 Å². The molecule has 1 saturated carbocycles. The Morgan fingerprint density at radius 2 is 1.72 bits per heavy atom. The zero-order chi connectivity index (χ0) is 20.6. The zero-order valence-electron chi connectivity index (χ0n) is 16.9. The van der Waals surface area contributed by atoms with Crippen LogP contribution in [0.4, 0.5) is 5.69 Å². The molecular formula is C23H29N3O3. The van der Waals surface area contributed by atoms with E-state index in [1.165, 1.54) is 17.4 Å². The molecule has 0 aliphatic heterocycles. The predicted molar refractivity (Wildman–Crippen MR) is 115 cm³/mol. The Morgan fingerprint density at radius 1 is 1.03 bits per heavy atom. The van der Waals surface area contributed by atoms with Gasteiger partial charge in [0, 0.05) is 30.0 Å². The lowest BCUT2D eigenvalue weighted by Gasteiger charge is -2.16. The van der Waals surface area contributed by atoms with Gasteiger partial charge in [0.25, 0.3) is 11.5 Å². The van der Waals surface area contributed by atoms with Crippen molar-refractivity contribution in [2.45, 2.75) is 64.3 Å². The largest absolute Gasteiger partial charge is 0.349 e. The quantitative estimate of drug-likeness (QED) is 0.725. The molecule has 154 valence electrons. The summed E-state index contributed by atoms with van der Waals surface area (Å²) < 4.78 is 1.46. The molecule has 1 aliphatic rings. The third-order valence-corrected chi connectivity index (χ3v) is 5.29. The number of anilines is 1. The van der Waals surface area contributed by atoms with E-state index in [0.29, 0.717) is 17.8 Å². The molecule has 1 aromatic heterocycles. The number of nitrogens with one attached hydrogen (secondary N) is 2. The van der Waals surface area contributed by atoms with Gasteiger partial charge in [0.15, 0.2) is 0 Å². The maximum Gasteiger partial charge on any atom is 0.267 e. The minimum absolute atomic E-state index is 0.0328. The highest BCUT2D eigenvalue weighted by molar-refractivity contribution is 5.94. The molecule has 0 radical (unpaired) electrons. The van der Waals surface area contributed by atoms with Gasteiger partial charge in [-0.2, -0.15) is 0 Å². The van der Waals surface area contributed by atoms with Crippen LogP contribution >= 0.6 is 0 Å². The molecule has 2 aromatic rings. The van der Waals surface area contributed by atoms with E-state index in [9.17, 15) is 14.4 Å². The number of carbonyl (C=O) groups is 2. The highest BCUT2D eigenvalue weighted by Crippen LogP contribution is 2.17. The van der Waals surface area contributed by atoms with E-state index in [0.717, 1.165) is 32.1 Å². The lowest BCUT2D eigenvalue weighted by atomic mass is 10.1. The molecule has 3 rings (SSSR count). The van der Waals surface area contributed by atoms with Crippen molar-refractivity contribution in [3.63, 3.8) is 0 Å². The summed E-state index contributed by atoms with van der Waals surface area (Å²) in [7, 11) is 0. The second-order valence-electron chi connectivity index (χ2n) is 7.60. The molecule has 29 heavy (non-hydrogen) atoms. The molecule has 2 N–H and O–H groups in total. The molecule has 0 saturated heterocycles. The fraction of sp³-hybridized carbons (Fsp3) is 0.435. The SMILES string of the molecule is CCCC(=O)Nc1ccc(-n2cccc(C(=O)NC3CCCCCC3)c2=O)cc1. The summed E-state index contributed by atoms with van der Waals surface area (Å²) in [6.07, 6.45) is 9.49. The summed E-state index contributed by atoms with van der Waals surface area (Å²) in [5.41, 5.74) is 1.13. The monoisotopic (exact) mass is 395 g/mol. The van der Waals surface area contributed by atoms with Crippen LogP contribution in [0.15, 0.2) is 47.4 Å². The van der Waals surface area contributed by atoms with Crippen molar-refractivity contribution in [2.75, 3.05) is 5.32 Å². The van der Waals surface area contributed by atoms with Crippen LogP contribution in [0, 0.1) is 0 Å². The van der Waals surface area contributed by atoms with Gasteiger partial charge in [-0.1, -0.05) is 32.6 Å². The van der Waals surface area contributed by atoms with Gasteiger partial charge >= 0.3 is 0 Å². The van der Waals surface area contributed by atoms with Crippen LogP contribution in [-0.4, -0.2) is 22.4 Å². The molecular weight excluding hydrogens is 366 g/mol. The first-order valence-corrected chi connectivity index (χ1v) is 10.5. The summed E-state index contributed by atoms with van der Waals surface area (Å²) in [6.45, 7) is 1.95. The van der Waals surface area contributed by atoms with Crippen LogP contribution in [-0.2, 0) is 4.79 Å². The number of amides is 2. The van der Waals surface area contributed by atoms with Crippen LogP contribution < -0.4 is 16.2 Å². The Morgan fingerprint density at radius 3 is 2.38 bits per heavy atom. The highest BCUT2D eigenvalue weighted by atomic mass is 16.2. The molecule has 6 nitrogen and oxygen atoms in total. The van der Waals surface area contributed by atoms with Gasteiger partial charge in [-0.25, -0.2) is 0 Å². The van der Waals surface area contributed by atoms with Crippen LogP contribution in [0.2, 0.25) is 0 Å². The zero-order valence-corrected chi connectivity index (χ0v) is 16.9. The van der Waals surface area contributed by atoms with E-state index in [2.05, 4.69) is 10.6 Å². The molecule has 1 heterocycles. The number of rotatable bonds is 6. The standard InChI is InChI=1S/C23H29N3O3/c1-2-8-21(27)24-18-12-14-19(15-13-18)26-16-7-11-20(23(26)29)22(28)25-17-9-5-3-4-6-10-17/h7,11-17H,2-6,8-10H2,1H3,(H,24,27)(H,25,28). The first-order chi connectivity index (χ1) is 14.1. The second-order valence-corrected chi connectivity index (χ2v) is 7.60. The number of carbonyl (C=O) groups excluding carboxylic acids is 2. The average molecular weight is 396 g/mol. The molecule has 1 fully saturated rings. The maximum absolute atomic E-state index is 12.9. The van der Waals surface area contributed by atoms with E-state index in [4.69, 9.17) is 0 Å². The minimum atomic E-state index is -0.346. The highest BCUT2D eigenvalue weighted by Gasteiger charge is 2.18. The van der Waals surface area contributed by atoms with Gasteiger partial charge in [-0.3, -0.25) is 19.0 Å². The molecule has 0 spiro atoms. The van der Waals surface area contributed by atoms with Gasteiger partial charge in [0.1, 0.15) is 5.56 Å². The fourth-order valence-corrected chi connectivity index (χ4v) is 3.71. The average Bonchev–Trinajstić information content (AvgIpc) is 2.98. The van der Waals surface area contributed by atoms with Crippen molar-refractivity contribution in [2.24, 2.45) is 0 Å². The van der Waals surface area contributed by atoms with Crippen molar-refractivity contribution < 1.29 is 9.59 Å². The molecule has 0 atom stereocenters. The Labute approximate surface area is 171 Å². The van der Waals surface area contributed by atoms with E-state index in [-0.39, 0.29) is 29.0 Å². The summed E-state index contributed by atoms with van der Waals surface area (Å²) in [6, 6.07) is 10.5. The van der Waals surface area contributed by atoms with Gasteiger partial charge in [0.05, 0.1) is 0 Å². The van der Waals surface area contributed by atoms with Crippen LogP contribution in [0.25, 0.3) is 5.69 Å². The number of hydrogen-bond donors (Lipinski definition) is 2. The lowest BCUT2D eigenvalue weighted by Crippen LogP contribution is -2.38. The first-order valence-electron chi connectivity index (χ1n) is 10.5. The Balaban J connectivity index is 1.75. The maximum atomic E-state index is 12.9. The Bertz CT molecular complexity index is 894. The van der Waals surface area contributed by atoms with Crippen molar-refractivity contribution in [1.29, 1.82) is 0 Å². The number of hydrogen-bond acceptors (Lipinski definition) is 3. The summed E-state index contributed by atoms with van der Waals surface area (Å²) in [5, 5.41) is 5.86. The fourth-order valence-electron chi connectivity index (χ4n) is 3.71. The van der Waals surface area contributed by atoms with E-state index < -0.39 is 0 Å². The Kier molecular flexibility index (Phi) is 7.22. The summed E-state index contributed by atoms with van der Waals surface area (Å²) in [5.74, 6) is -0.339. The molecule has 1 aliphatic carbocycles. The number of pyridine rings is 1. The number of aromatic nitrogens is 1. The van der Waals surface area contributed by atoms with Crippen molar-refractivity contribution in [3.8, 4) is 5.69 Å². The summed E-state index contributed by atoms with van der Waals surface area (Å²) in [4.78, 5) is 37.3. The van der Waals surface area contributed by atoms with Gasteiger partial charge in [-0.15, -0.1) is 0 Å². The van der Waals surface area contributed by atoms with E-state index in [1.807, 2.05) is 6.92 Å². The predicted octanol–water partition coefficient (Wildman–Crippen LogP) is 4.03. The van der Waals surface area contributed by atoms with E-state index >= 15 is 0 Å². The normalized spacial score (nSPS) is 14.8. The molecule has 0 bridgehead atoms. The van der Waals surface area contributed by atoms with Crippen LogP contribution in [0.3, 0.4) is 0 Å². The van der Waals surface area contributed by atoms with Gasteiger partial charge in [0.2, 0.25) is 5.91 Å². The summed E-state index contributed by atoms with van der Waals surface area (Å²) >= 11 is 0. The number of nitrogens with zero attached hydrogens (tertiary/aromatic N) is 1. The van der Waals surface area contributed by atoms with Crippen molar-refractivity contribution in [1.82, 2.24) is 9.88 Å². The second kappa shape index (κ2) is 10.0. The Hall–Kier alpha value is -2.89. The van der Waals surface area contributed by atoms with E-state index in [1.54, 1.807) is 42.6 Å². The third kappa shape index (κ3) is 5.56. The molecule has 0 unspecified atom stereocenters. The third-order valence-electron chi connectivity index (χ3n) is 5.29. The van der Waals surface area contributed by atoms with Crippen molar-refractivity contribution >= 4 is 17.5 Å². The number of benzene rings is 1. The molecule has 6 heteroatoms. The van der Waals surface area contributed by atoms with Crippen molar-refractivity contribution in [3.05, 3.63) is 58.5 Å². The smallest absolute Gasteiger partial charge is 0.267 e.